The summed E-state index contributed by atoms with van der Waals surface area (Å²) in [7, 11) is 2.09. The first-order valence-corrected chi connectivity index (χ1v) is 9.58. The van der Waals surface area contributed by atoms with Crippen LogP contribution < -0.4 is 4.90 Å². The lowest BCUT2D eigenvalue weighted by Crippen LogP contribution is -2.08. The molecule has 2 aromatic carbocycles. The predicted octanol–water partition coefficient (Wildman–Crippen LogP) is 7.75. The van der Waals surface area contributed by atoms with Gasteiger partial charge >= 0.3 is 0 Å². The number of benzene rings is 2. The van der Waals surface area contributed by atoms with Crippen molar-refractivity contribution in [3.63, 3.8) is 0 Å². The second-order valence-corrected chi connectivity index (χ2v) is 6.31. The highest BCUT2D eigenvalue weighted by molar-refractivity contribution is 5.66. The van der Waals surface area contributed by atoms with Crippen LogP contribution in [0.1, 0.15) is 24.5 Å². The van der Waals surface area contributed by atoms with Gasteiger partial charge < -0.3 is 4.90 Å². The average Bonchev–Trinajstić information content (AvgIpc) is 2.74. The lowest BCUT2D eigenvalue weighted by molar-refractivity contribution is 1.21. The van der Waals surface area contributed by atoms with Crippen molar-refractivity contribution in [2.24, 2.45) is 0 Å². The zero-order chi connectivity index (χ0) is 20.0. The Labute approximate surface area is 170 Å². The first-order valence-electron chi connectivity index (χ1n) is 9.58. The van der Waals surface area contributed by atoms with Crippen LogP contribution in [0.2, 0.25) is 0 Å². The summed E-state index contributed by atoms with van der Waals surface area (Å²) in [6.45, 7) is 5.72. The number of hydrogen-bond acceptors (Lipinski definition) is 1. The van der Waals surface area contributed by atoms with Gasteiger partial charge in [0.25, 0.3) is 0 Å². The first-order chi connectivity index (χ1) is 13.7. The van der Waals surface area contributed by atoms with E-state index in [0.717, 1.165) is 17.8 Å². The third kappa shape index (κ3) is 7.13. The fraction of sp³-hybridized carbons (Fsp3) is 0.111. The number of anilines is 2. The summed E-state index contributed by atoms with van der Waals surface area (Å²) in [5, 5.41) is 0. The molecule has 0 saturated heterocycles. The van der Waals surface area contributed by atoms with Crippen molar-refractivity contribution in [2.45, 2.75) is 13.3 Å². The van der Waals surface area contributed by atoms with E-state index in [2.05, 4.69) is 104 Å². The molecule has 0 radical (unpaired) electrons. The molecule has 0 heterocycles. The van der Waals surface area contributed by atoms with Gasteiger partial charge in [-0.15, -0.1) is 0 Å². The maximum absolute atomic E-state index is 3.70. The number of hydrogen-bond donors (Lipinski definition) is 0. The lowest BCUT2D eigenvalue weighted by Gasteiger charge is -2.19. The Bertz CT molecular complexity index is 859. The van der Waals surface area contributed by atoms with E-state index in [9.17, 15) is 0 Å². The minimum Gasteiger partial charge on any atom is -0.345 e. The Morgan fingerprint density at radius 1 is 0.714 bits per heavy atom. The first kappa shape index (κ1) is 21.0. The number of nitrogens with zero attached hydrogens (tertiary/aromatic N) is 1. The SMILES string of the molecule is C=C/C=C/c1ccc(N(C)c2ccc(/C=C/C=C/C/C=C\C=C/C)cc2)cc1. The molecule has 1 nitrogen and oxygen atoms in total. The standard InChI is InChI=1S/C27H29N/c1-4-6-8-9-10-11-12-13-15-25-18-22-27(23-19-25)28(3)26-20-16-24(17-21-26)14-7-5-2/h4-9,11-23H,2,10H2,1,3H3/b6-4-,9-8-,12-11+,14-7+,15-13+. The highest BCUT2D eigenvalue weighted by atomic mass is 15.1. The summed E-state index contributed by atoms with van der Waals surface area (Å²) in [6, 6.07) is 17.1. The molecule has 2 aromatic rings. The van der Waals surface area contributed by atoms with Crippen LogP contribution in [0, 0.1) is 0 Å². The van der Waals surface area contributed by atoms with Gasteiger partial charge in [0.1, 0.15) is 0 Å². The largest absolute Gasteiger partial charge is 0.345 e. The van der Waals surface area contributed by atoms with Gasteiger partial charge in [0.2, 0.25) is 0 Å². The van der Waals surface area contributed by atoms with E-state index in [4.69, 9.17) is 0 Å². The van der Waals surface area contributed by atoms with E-state index in [0.29, 0.717) is 0 Å². The fourth-order valence-corrected chi connectivity index (χ4v) is 2.62. The summed E-state index contributed by atoms with van der Waals surface area (Å²) < 4.78 is 0. The molecule has 142 valence electrons. The van der Waals surface area contributed by atoms with Crippen molar-refractivity contribution >= 4 is 23.5 Å². The van der Waals surface area contributed by atoms with Gasteiger partial charge in [-0.2, -0.15) is 0 Å². The third-order valence-corrected chi connectivity index (χ3v) is 4.23. The van der Waals surface area contributed by atoms with E-state index in [1.54, 1.807) is 6.08 Å². The summed E-state index contributed by atoms with van der Waals surface area (Å²) in [5.41, 5.74) is 4.68. The fourth-order valence-electron chi connectivity index (χ4n) is 2.62. The smallest absolute Gasteiger partial charge is 0.0408 e. The van der Waals surface area contributed by atoms with Gasteiger partial charge in [-0.3, -0.25) is 0 Å². The van der Waals surface area contributed by atoms with Crippen molar-refractivity contribution in [3.8, 4) is 0 Å². The van der Waals surface area contributed by atoms with Gasteiger partial charge in [0.15, 0.2) is 0 Å². The highest BCUT2D eigenvalue weighted by Gasteiger charge is 2.03. The van der Waals surface area contributed by atoms with Crippen LogP contribution in [0.5, 0.6) is 0 Å². The molecule has 0 aromatic heterocycles. The predicted molar refractivity (Wildman–Crippen MR) is 127 cm³/mol. The molecule has 0 bridgehead atoms. The second kappa shape index (κ2) is 12.1. The lowest BCUT2D eigenvalue weighted by atomic mass is 10.1. The molecule has 0 atom stereocenters. The Morgan fingerprint density at radius 2 is 1.21 bits per heavy atom. The van der Waals surface area contributed by atoms with Crippen LogP contribution in [-0.2, 0) is 0 Å². The van der Waals surface area contributed by atoms with E-state index in [1.807, 2.05) is 31.2 Å². The van der Waals surface area contributed by atoms with Gasteiger partial charge in [-0.1, -0.05) is 97.7 Å². The maximum atomic E-state index is 3.70. The molecule has 0 fully saturated rings. The van der Waals surface area contributed by atoms with Crippen LogP contribution >= 0.6 is 0 Å². The van der Waals surface area contributed by atoms with Gasteiger partial charge in [-0.05, 0) is 48.7 Å². The van der Waals surface area contributed by atoms with Gasteiger partial charge in [0.05, 0.1) is 0 Å². The Hall–Kier alpha value is -3.32. The third-order valence-electron chi connectivity index (χ3n) is 4.23. The molecule has 0 aliphatic heterocycles. The van der Waals surface area contributed by atoms with Crippen molar-refractivity contribution in [1.29, 1.82) is 0 Å². The molecular weight excluding hydrogens is 338 g/mol. The van der Waals surface area contributed by atoms with Crippen molar-refractivity contribution in [2.75, 3.05) is 11.9 Å². The summed E-state index contributed by atoms with van der Waals surface area (Å²) in [4.78, 5) is 2.19. The molecule has 0 saturated carbocycles. The molecule has 0 aliphatic carbocycles. The highest BCUT2D eigenvalue weighted by Crippen LogP contribution is 2.24. The van der Waals surface area contributed by atoms with Crippen LogP contribution in [0.15, 0.2) is 110 Å². The van der Waals surface area contributed by atoms with Gasteiger partial charge in [0, 0.05) is 18.4 Å². The molecule has 0 N–H and O–H groups in total. The van der Waals surface area contributed by atoms with Crippen LogP contribution in [0.4, 0.5) is 11.4 Å². The van der Waals surface area contributed by atoms with E-state index < -0.39 is 0 Å². The second-order valence-electron chi connectivity index (χ2n) is 6.31. The van der Waals surface area contributed by atoms with Crippen molar-refractivity contribution in [3.05, 3.63) is 121 Å². The summed E-state index contributed by atoms with van der Waals surface area (Å²) in [5.74, 6) is 0. The van der Waals surface area contributed by atoms with E-state index >= 15 is 0 Å². The summed E-state index contributed by atoms with van der Waals surface area (Å²) >= 11 is 0. The molecular formula is C27H29N. The zero-order valence-corrected chi connectivity index (χ0v) is 16.8. The summed E-state index contributed by atoms with van der Waals surface area (Å²) in [6.07, 6.45) is 23.4. The number of rotatable bonds is 9. The van der Waals surface area contributed by atoms with Crippen molar-refractivity contribution in [1.82, 2.24) is 0 Å². The Kier molecular flexibility index (Phi) is 9.10. The van der Waals surface area contributed by atoms with Gasteiger partial charge in [-0.25, -0.2) is 0 Å². The Morgan fingerprint density at radius 3 is 1.71 bits per heavy atom. The molecule has 0 unspecified atom stereocenters. The van der Waals surface area contributed by atoms with Crippen LogP contribution in [0.3, 0.4) is 0 Å². The van der Waals surface area contributed by atoms with E-state index in [1.165, 1.54) is 11.1 Å². The monoisotopic (exact) mass is 367 g/mol. The molecule has 2 rings (SSSR count). The van der Waals surface area contributed by atoms with Crippen LogP contribution in [0.25, 0.3) is 12.2 Å². The Balaban J connectivity index is 1.94. The van der Waals surface area contributed by atoms with Crippen LogP contribution in [-0.4, -0.2) is 7.05 Å². The molecule has 1 heteroatoms. The minimum absolute atomic E-state index is 0.945. The average molecular weight is 368 g/mol. The molecule has 0 amide bonds. The minimum atomic E-state index is 0.945. The van der Waals surface area contributed by atoms with E-state index in [-0.39, 0.29) is 0 Å². The topological polar surface area (TPSA) is 3.24 Å². The quantitative estimate of drug-likeness (QED) is 0.410. The van der Waals surface area contributed by atoms with Crippen molar-refractivity contribution < 1.29 is 0 Å². The normalized spacial score (nSPS) is 12.2. The maximum Gasteiger partial charge on any atom is 0.0408 e. The number of allylic oxidation sites excluding steroid dienone is 9. The molecule has 28 heavy (non-hydrogen) atoms. The zero-order valence-electron chi connectivity index (χ0n) is 16.8. The molecule has 0 spiro atoms. The molecule has 0 aliphatic rings.